The van der Waals surface area contributed by atoms with Crippen molar-refractivity contribution in [1.29, 1.82) is 0 Å². The van der Waals surface area contributed by atoms with E-state index in [4.69, 9.17) is 40.5 Å². The molecule has 0 unspecified atom stereocenters. The van der Waals surface area contributed by atoms with Crippen LogP contribution in [0, 0.1) is 0 Å². The zero-order valence-corrected chi connectivity index (χ0v) is 13.0. The van der Waals surface area contributed by atoms with Crippen molar-refractivity contribution in [2.75, 3.05) is 10.5 Å². The summed E-state index contributed by atoms with van der Waals surface area (Å²) in [6, 6.07) is 8.87. The molecule has 20 heavy (non-hydrogen) atoms. The van der Waals surface area contributed by atoms with Crippen LogP contribution >= 0.6 is 34.8 Å². The van der Waals surface area contributed by atoms with E-state index < -0.39 is 10.0 Å². The van der Waals surface area contributed by atoms with E-state index in [1.54, 1.807) is 12.1 Å². The molecule has 0 atom stereocenters. The average Bonchev–Trinajstić information content (AvgIpc) is 2.33. The van der Waals surface area contributed by atoms with Crippen molar-refractivity contribution in [2.24, 2.45) is 0 Å². The van der Waals surface area contributed by atoms with Gasteiger partial charge < -0.3 is 5.73 Å². The van der Waals surface area contributed by atoms with Crippen LogP contribution in [0.25, 0.3) is 0 Å². The topological polar surface area (TPSA) is 72.2 Å². The Labute approximate surface area is 131 Å². The summed E-state index contributed by atoms with van der Waals surface area (Å²) in [6.07, 6.45) is 0. The van der Waals surface area contributed by atoms with Crippen LogP contribution in [-0.4, -0.2) is 8.42 Å². The summed E-state index contributed by atoms with van der Waals surface area (Å²) < 4.78 is 27.0. The lowest BCUT2D eigenvalue weighted by molar-refractivity contribution is 0.601. The molecule has 0 aromatic heterocycles. The fourth-order valence-corrected chi connectivity index (χ4v) is 3.99. The Bertz CT molecular complexity index is 743. The Hall–Kier alpha value is -1.14. The van der Waals surface area contributed by atoms with Gasteiger partial charge in [-0.15, -0.1) is 0 Å². The highest BCUT2D eigenvalue weighted by Gasteiger charge is 2.22. The van der Waals surface area contributed by atoms with E-state index in [1.807, 2.05) is 0 Å². The van der Waals surface area contributed by atoms with Gasteiger partial charge in [-0.2, -0.15) is 0 Å². The van der Waals surface area contributed by atoms with E-state index >= 15 is 0 Å². The maximum absolute atomic E-state index is 12.3. The van der Waals surface area contributed by atoms with Crippen molar-refractivity contribution < 1.29 is 8.42 Å². The number of rotatable bonds is 3. The van der Waals surface area contributed by atoms with Gasteiger partial charge in [0.1, 0.15) is 4.90 Å². The second kappa shape index (κ2) is 5.69. The van der Waals surface area contributed by atoms with Gasteiger partial charge in [-0.05, 0) is 30.3 Å². The van der Waals surface area contributed by atoms with Gasteiger partial charge in [0.05, 0.1) is 20.8 Å². The summed E-state index contributed by atoms with van der Waals surface area (Å²) in [5.74, 6) is 0. The Balaban J connectivity index is 2.49. The molecule has 0 radical (unpaired) electrons. The fraction of sp³-hybridized carbons (Fsp3) is 0. The first-order valence-corrected chi connectivity index (χ1v) is 7.95. The number of hydrogen-bond donors (Lipinski definition) is 2. The molecule has 106 valence electrons. The highest BCUT2D eigenvalue weighted by molar-refractivity contribution is 7.93. The van der Waals surface area contributed by atoms with Crippen molar-refractivity contribution in [3.63, 3.8) is 0 Å². The quantitative estimate of drug-likeness (QED) is 0.820. The summed E-state index contributed by atoms with van der Waals surface area (Å²) in [7, 11) is -3.97. The minimum absolute atomic E-state index is 0.0185. The van der Waals surface area contributed by atoms with E-state index in [1.165, 1.54) is 24.3 Å². The number of benzene rings is 2. The van der Waals surface area contributed by atoms with Gasteiger partial charge in [0.25, 0.3) is 10.0 Å². The van der Waals surface area contributed by atoms with Crippen molar-refractivity contribution >= 4 is 56.2 Å². The molecule has 2 aromatic carbocycles. The normalized spacial score (nSPS) is 11.3. The van der Waals surface area contributed by atoms with E-state index in [0.29, 0.717) is 5.69 Å². The molecule has 3 N–H and O–H groups in total. The smallest absolute Gasteiger partial charge is 0.264 e. The fourth-order valence-electron chi connectivity index (χ4n) is 1.56. The van der Waals surface area contributed by atoms with Gasteiger partial charge in [-0.1, -0.05) is 40.9 Å². The molecule has 0 spiro atoms. The molecule has 0 aliphatic rings. The monoisotopic (exact) mass is 350 g/mol. The first kappa shape index (κ1) is 15.3. The molecule has 2 aromatic rings. The summed E-state index contributed by atoms with van der Waals surface area (Å²) in [5, 5.41) is 0.251. The lowest BCUT2D eigenvalue weighted by atomic mass is 10.3. The van der Waals surface area contributed by atoms with E-state index in [2.05, 4.69) is 4.72 Å². The number of hydrogen-bond acceptors (Lipinski definition) is 3. The van der Waals surface area contributed by atoms with Gasteiger partial charge >= 0.3 is 0 Å². The van der Waals surface area contributed by atoms with Gasteiger partial charge in [0.2, 0.25) is 0 Å². The summed E-state index contributed by atoms with van der Waals surface area (Å²) in [4.78, 5) is -0.207. The van der Waals surface area contributed by atoms with Crippen LogP contribution in [0.5, 0.6) is 0 Å². The predicted octanol–water partition coefficient (Wildman–Crippen LogP) is 4.03. The molecular weight excluding hydrogens is 343 g/mol. The third-order valence-electron chi connectivity index (χ3n) is 2.42. The molecular formula is C12H9Cl3N2O2S. The second-order valence-corrected chi connectivity index (χ2v) is 6.74. The number of anilines is 2. The molecule has 0 heterocycles. The van der Waals surface area contributed by atoms with E-state index in [9.17, 15) is 8.42 Å². The molecule has 0 aliphatic carbocycles. The molecule has 0 saturated heterocycles. The van der Waals surface area contributed by atoms with Crippen LogP contribution in [0.1, 0.15) is 0 Å². The van der Waals surface area contributed by atoms with E-state index in [0.717, 1.165) is 0 Å². The summed E-state index contributed by atoms with van der Waals surface area (Å²) in [5.41, 5.74) is 6.13. The Morgan fingerprint density at radius 3 is 2.15 bits per heavy atom. The van der Waals surface area contributed by atoms with Crippen molar-refractivity contribution in [3.8, 4) is 0 Å². The van der Waals surface area contributed by atoms with Crippen LogP contribution in [0.15, 0.2) is 41.3 Å². The van der Waals surface area contributed by atoms with Crippen LogP contribution in [-0.2, 0) is 10.0 Å². The second-order valence-electron chi connectivity index (χ2n) is 3.90. The molecule has 4 nitrogen and oxygen atoms in total. The molecule has 0 bridgehead atoms. The first-order valence-electron chi connectivity index (χ1n) is 5.33. The van der Waals surface area contributed by atoms with Gasteiger partial charge in [0.15, 0.2) is 0 Å². The average molecular weight is 352 g/mol. The van der Waals surface area contributed by atoms with Gasteiger partial charge in [-0.3, -0.25) is 4.72 Å². The number of sulfonamides is 1. The highest BCUT2D eigenvalue weighted by Crippen LogP contribution is 2.32. The van der Waals surface area contributed by atoms with Gasteiger partial charge in [-0.25, -0.2) is 8.42 Å². The predicted molar refractivity (Wildman–Crippen MR) is 83.1 cm³/mol. The zero-order valence-electron chi connectivity index (χ0n) is 9.90. The minimum Gasteiger partial charge on any atom is -0.399 e. The number of nitrogen functional groups attached to an aromatic ring is 1. The van der Waals surface area contributed by atoms with Crippen LogP contribution < -0.4 is 10.5 Å². The minimum atomic E-state index is -3.97. The summed E-state index contributed by atoms with van der Waals surface area (Å²) >= 11 is 17.7. The molecule has 2 rings (SSSR count). The number of halogens is 3. The number of nitrogens with one attached hydrogen (secondary N) is 1. The largest absolute Gasteiger partial charge is 0.399 e. The maximum atomic E-state index is 12.3. The van der Waals surface area contributed by atoms with E-state index in [-0.39, 0.29) is 25.7 Å². The van der Waals surface area contributed by atoms with Crippen LogP contribution in [0.4, 0.5) is 11.4 Å². The Morgan fingerprint density at radius 1 is 0.950 bits per heavy atom. The molecule has 0 aliphatic heterocycles. The van der Waals surface area contributed by atoms with Crippen molar-refractivity contribution in [3.05, 3.63) is 51.5 Å². The van der Waals surface area contributed by atoms with Crippen LogP contribution in [0.2, 0.25) is 15.1 Å². The Morgan fingerprint density at radius 2 is 1.55 bits per heavy atom. The standard InChI is InChI=1S/C12H9Cl3N2O2S/c13-8-5-4-7(16)6-11(8)17-20(18,19)12-9(14)2-1-3-10(12)15/h1-6,17H,16H2. The third-order valence-corrected chi connectivity index (χ3v) is 5.07. The third kappa shape index (κ3) is 3.12. The lowest BCUT2D eigenvalue weighted by Crippen LogP contribution is -2.14. The molecule has 0 fully saturated rings. The number of nitrogens with two attached hydrogens (primary N) is 1. The SMILES string of the molecule is Nc1ccc(Cl)c(NS(=O)(=O)c2c(Cl)cccc2Cl)c1. The lowest BCUT2D eigenvalue weighted by Gasteiger charge is -2.12. The summed E-state index contributed by atoms with van der Waals surface area (Å²) in [6.45, 7) is 0. The highest BCUT2D eigenvalue weighted by atomic mass is 35.5. The zero-order chi connectivity index (χ0) is 14.9. The van der Waals surface area contributed by atoms with Crippen molar-refractivity contribution in [1.82, 2.24) is 0 Å². The van der Waals surface area contributed by atoms with Crippen molar-refractivity contribution in [2.45, 2.75) is 4.90 Å². The van der Waals surface area contributed by atoms with Crippen LogP contribution in [0.3, 0.4) is 0 Å². The maximum Gasteiger partial charge on any atom is 0.264 e. The first-order chi connectivity index (χ1) is 9.31. The molecule has 0 saturated carbocycles. The molecule has 0 amide bonds. The van der Waals surface area contributed by atoms with Gasteiger partial charge in [0, 0.05) is 5.69 Å². The molecule has 8 heteroatoms. The Kier molecular flexibility index (Phi) is 4.34.